The Kier molecular flexibility index (Phi) is 15.6. The molecule has 0 N–H and O–H groups in total. The lowest BCUT2D eigenvalue weighted by Gasteiger charge is -2.03. The lowest BCUT2D eigenvalue weighted by Crippen LogP contribution is -1.92. The quantitative estimate of drug-likeness (QED) is 0.448. The molecule has 0 saturated carbocycles. The molecule has 0 aromatic heterocycles. The Labute approximate surface area is 136 Å². The maximum atomic E-state index is 10.9. The Bertz CT molecular complexity index is 607. The predicted molar refractivity (Wildman–Crippen MR) is 82.8 cm³/mol. The second kappa shape index (κ2) is 12.8. The molecule has 24 heavy (non-hydrogen) atoms. The van der Waals surface area contributed by atoms with Crippen molar-refractivity contribution in [3.8, 4) is 0 Å². The second-order valence-corrected chi connectivity index (χ2v) is 4.64. The van der Waals surface area contributed by atoms with Crippen LogP contribution in [0.4, 0.5) is 34.9 Å². The van der Waals surface area contributed by atoms with E-state index in [9.17, 15) is 20.2 Å². The fourth-order valence-electron chi connectivity index (χ4n) is 1.51. The molecule has 2 rings (SSSR count). The zero-order valence-electron chi connectivity index (χ0n) is 11.6. The van der Waals surface area contributed by atoms with Gasteiger partial charge in [-0.15, -0.1) is 0 Å². The molecule has 0 saturated heterocycles. The molecule has 0 aliphatic heterocycles. The van der Waals surface area contributed by atoms with Gasteiger partial charge in [-0.25, -0.2) is 0 Å². The molecule has 0 spiro atoms. The van der Waals surface area contributed by atoms with Crippen molar-refractivity contribution in [3.63, 3.8) is 0 Å². The first kappa shape index (κ1) is 29.3. The first-order chi connectivity index (χ1) is 9.09. The summed E-state index contributed by atoms with van der Waals surface area (Å²) in [6, 6.07) is 12.3. The summed E-state index contributed by atoms with van der Waals surface area (Å²) in [5, 5.41) is 21.8. The first-order valence-corrected chi connectivity index (χ1v) is 6.06. The molecule has 12 heteroatoms. The molecular weight excluding hydrogens is 363 g/mol. The van der Waals surface area contributed by atoms with Gasteiger partial charge in [0.1, 0.15) is 0 Å². The molecule has 2 aromatic carbocycles. The molecule has 0 aliphatic carbocycles. The van der Waals surface area contributed by atoms with E-state index in [4.69, 9.17) is 0 Å². The molecular formula is C12H13F5N2O4S. The van der Waals surface area contributed by atoms with Crippen molar-refractivity contribution in [2.24, 2.45) is 0 Å². The van der Waals surface area contributed by atoms with Crippen molar-refractivity contribution in [1.29, 1.82) is 0 Å². The van der Waals surface area contributed by atoms with Crippen LogP contribution in [0, 0.1) is 20.2 Å². The summed E-state index contributed by atoms with van der Waals surface area (Å²) in [6.45, 7) is 0. The highest BCUT2D eigenvalue weighted by molar-refractivity contribution is 7.99. The summed E-state index contributed by atoms with van der Waals surface area (Å²) in [7, 11) is 0. The van der Waals surface area contributed by atoms with Gasteiger partial charge in [-0.1, -0.05) is 36.0 Å². The minimum Gasteiger partial charge on any atom is -0.269 e. The van der Waals surface area contributed by atoms with E-state index in [2.05, 4.69) is 0 Å². The Morgan fingerprint density at radius 1 is 0.625 bits per heavy atom. The van der Waals surface area contributed by atoms with E-state index in [1.165, 1.54) is 12.1 Å². The molecule has 2 aromatic rings. The van der Waals surface area contributed by atoms with Crippen LogP contribution in [0.1, 0.15) is 0 Å². The molecule has 0 aliphatic rings. The van der Waals surface area contributed by atoms with E-state index >= 15 is 0 Å². The van der Waals surface area contributed by atoms with Gasteiger partial charge in [-0.05, 0) is 12.1 Å². The Morgan fingerprint density at radius 2 is 0.917 bits per heavy atom. The molecule has 0 atom stereocenters. The predicted octanol–water partition coefficient (Wildman–Crippen LogP) is 4.42. The lowest BCUT2D eigenvalue weighted by molar-refractivity contribution is -0.388. The van der Waals surface area contributed by atoms with Crippen molar-refractivity contribution >= 4 is 23.1 Å². The number of para-hydroxylation sites is 2. The van der Waals surface area contributed by atoms with E-state index in [0.29, 0.717) is 9.79 Å². The molecule has 0 unspecified atom stereocenters. The molecule has 136 valence electrons. The summed E-state index contributed by atoms with van der Waals surface area (Å²) in [5.41, 5.74) is -0.128. The van der Waals surface area contributed by atoms with E-state index in [1.807, 2.05) is 0 Å². The normalized spacial score (nSPS) is 8.00. The molecule has 0 fully saturated rings. The summed E-state index contributed by atoms with van der Waals surface area (Å²) in [4.78, 5) is 21.5. The van der Waals surface area contributed by atoms with Crippen molar-refractivity contribution in [1.82, 2.24) is 0 Å². The van der Waals surface area contributed by atoms with Crippen molar-refractivity contribution in [2.45, 2.75) is 9.79 Å². The molecule has 6 nitrogen and oxygen atoms in total. The van der Waals surface area contributed by atoms with Crippen LogP contribution in [0.2, 0.25) is 0 Å². The number of hydrogen-bond donors (Lipinski definition) is 0. The average molecular weight is 376 g/mol. The van der Waals surface area contributed by atoms with Gasteiger partial charge in [0.15, 0.2) is 0 Å². The van der Waals surface area contributed by atoms with Gasteiger partial charge < -0.3 is 0 Å². The topological polar surface area (TPSA) is 86.3 Å². The van der Waals surface area contributed by atoms with Crippen molar-refractivity contribution < 1.29 is 33.4 Å². The van der Waals surface area contributed by atoms with Gasteiger partial charge in [0.2, 0.25) is 0 Å². The standard InChI is InChI=1S/C12H8N2O4S.5FH/c15-13(16)9-5-1-3-7-11(9)19-12-8-4-2-6-10(12)14(17)18;;;;;/h1-8H;5*1H. The van der Waals surface area contributed by atoms with Gasteiger partial charge >= 0.3 is 0 Å². The van der Waals surface area contributed by atoms with Crippen LogP contribution in [0.3, 0.4) is 0 Å². The third kappa shape index (κ3) is 6.56. The van der Waals surface area contributed by atoms with Gasteiger partial charge in [0.05, 0.1) is 19.6 Å². The van der Waals surface area contributed by atoms with Crippen LogP contribution in [-0.4, -0.2) is 9.85 Å². The number of rotatable bonds is 4. The molecule has 0 amide bonds. The molecule has 0 heterocycles. The Morgan fingerprint density at radius 3 is 1.21 bits per heavy atom. The highest BCUT2D eigenvalue weighted by Crippen LogP contribution is 2.38. The van der Waals surface area contributed by atoms with Gasteiger partial charge in [-0.3, -0.25) is 43.8 Å². The Balaban J connectivity index is -0.000000400. The monoisotopic (exact) mass is 376 g/mol. The van der Waals surface area contributed by atoms with Crippen LogP contribution >= 0.6 is 11.8 Å². The fraction of sp³-hybridized carbons (Fsp3) is 0. The van der Waals surface area contributed by atoms with Crippen LogP contribution in [0.5, 0.6) is 0 Å². The maximum Gasteiger partial charge on any atom is 0.283 e. The van der Waals surface area contributed by atoms with E-state index in [0.717, 1.165) is 11.8 Å². The van der Waals surface area contributed by atoms with Crippen LogP contribution in [-0.2, 0) is 0 Å². The van der Waals surface area contributed by atoms with Crippen LogP contribution < -0.4 is 0 Å². The van der Waals surface area contributed by atoms with Gasteiger partial charge in [-0.2, -0.15) is 0 Å². The summed E-state index contributed by atoms with van der Waals surface area (Å²) < 4.78 is 0. The van der Waals surface area contributed by atoms with Gasteiger partial charge in [0, 0.05) is 12.1 Å². The zero-order valence-corrected chi connectivity index (χ0v) is 12.4. The third-order valence-electron chi connectivity index (χ3n) is 2.34. The van der Waals surface area contributed by atoms with E-state index < -0.39 is 9.85 Å². The van der Waals surface area contributed by atoms with Crippen LogP contribution in [0.25, 0.3) is 0 Å². The van der Waals surface area contributed by atoms with E-state index in [-0.39, 0.29) is 34.9 Å². The first-order valence-electron chi connectivity index (χ1n) is 5.24. The number of nitro benzene ring substituents is 2. The third-order valence-corrected chi connectivity index (χ3v) is 3.47. The molecule has 0 radical (unpaired) electrons. The number of nitrogens with zero attached hydrogens (tertiary/aromatic N) is 2. The van der Waals surface area contributed by atoms with Crippen LogP contribution in [0.15, 0.2) is 58.3 Å². The average Bonchev–Trinajstić information content (AvgIpc) is 2.39. The SMILES string of the molecule is F.F.F.F.F.O=[N+]([O-])c1ccccc1Sc1ccccc1[N+](=O)[O-]. The number of halogens is 5. The summed E-state index contributed by atoms with van der Waals surface area (Å²) in [6.07, 6.45) is 0. The largest absolute Gasteiger partial charge is 0.283 e. The lowest BCUT2D eigenvalue weighted by atomic mass is 10.3. The smallest absolute Gasteiger partial charge is 0.269 e. The molecule has 0 bridgehead atoms. The van der Waals surface area contributed by atoms with Gasteiger partial charge in [0.25, 0.3) is 11.4 Å². The number of nitro groups is 2. The highest BCUT2D eigenvalue weighted by atomic mass is 32.2. The number of benzene rings is 2. The minimum absolute atomic E-state index is 0. The summed E-state index contributed by atoms with van der Waals surface area (Å²) >= 11 is 1.01. The summed E-state index contributed by atoms with van der Waals surface area (Å²) in [5.74, 6) is 0. The van der Waals surface area contributed by atoms with Crippen molar-refractivity contribution in [2.75, 3.05) is 0 Å². The van der Waals surface area contributed by atoms with E-state index in [1.54, 1.807) is 36.4 Å². The zero-order chi connectivity index (χ0) is 13.8. The second-order valence-electron chi connectivity index (χ2n) is 3.55. The maximum absolute atomic E-state index is 10.9. The van der Waals surface area contributed by atoms with Crippen molar-refractivity contribution in [3.05, 3.63) is 68.8 Å². The highest BCUT2D eigenvalue weighted by Gasteiger charge is 2.18. The Hall–Kier alpha value is -2.76. The fourth-order valence-corrected chi connectivity index (χ4v) is 2.53. The minimum atomic E-state index is -0.503. The number of hydrogen-bond acceptors (Lipinski definition) is 5.